The highest BCUT2D eigenvalue weighted by Gasteiger charge is 2.17. The van der Waals surface area contributed by atoms with Crippen molar-refractivity contribution in [1.29, 1.82) is 0 Å². The van der Waals surface area contributed by atoms with Crippen LogP contribution in [-0.2, 0) is 26.1 Å². The number of aromatic nitrogens is 3. The molecule has 1 aliphatic heterocycles. The first kappa shape index (κ1) is 20.7. The SMILES string of the molecule is CCCCNC(=NCc1ccc(C)cc1)NCc1nnc2n1CCC2.I. The Balaban J connectivity index is 0.00000243. The summed E-state index contributed by atoms with van der Waals surface area (Å²) in [5.41, 5.74) is 2.48. The molecule has 1 aromatic carbocycles. The minimum Gasteiger partial charge on any atom is -0.356 e. The van der Waals surface area contributed by atoms with E-state index in [1.165, 1.54) is 17.5 Å². The molecule has 1 aromatic heterocycles. The van der Waals surface area contributed by atoms with Crippen LogP contribution in [0.25, 0.3) is 0 Å². The van der Waals surface area contributed by atoms with Gasteiger partial charge in [0.25, 0.3) is 0 Å². The predicted octanol–water partition coefficient (Wildman–Crippen LogP) is 3.19. The van der Waals surface area contributed by atoms with Crippen molar-refractivity contribution >= 4 is 29.9 Å². The van der Waals surface area contributed by atoms with Crippen molar-refractivity contribution in [1.82, 2.24) is 25.4 Å². The third kappa shape index (κ3) is 5.69. The van der Waals surface area contributed by atoms with Gasteiger partial charge in [0.15, 0.2) is 11.8 Å². The Labute approximate surface area is 172 Å². The van der Waals surface area contributed by atoms with Gasteiger partial charge in [-0.05, 0) is 25.3 Å². The Kier molecular flexibility index (Phi) is 8.34. The second kappa shape index (κ2) is 10.5. The molecule has 2 heterocycles. The fraction of sp³-hybridized carbons (Fsp3) is 0.526. The lowest BCUT2D eigenvalue weighted by Crippen LogP contribution is -2.38. The molecular formula is C19H29IN6. The number of aliphatic imine (C=N–C) groups is 1. The van der Waals surface area contributed by atoms with Crippen LogP contribution in [0.15, 0.2) is 29.3 Å². The standard InChI is InChI=1S/C19H28N6.HI/c1-3-4-11-20-19(21-13-16-9-7-15(2)8-10-16)22-14-18-24-23-17-6-5-12-25(17)18;/h7-10H,3-6,11-14H2,1-2H3,(H2,20,21,22);1H. The fourth-order valence-corrected chi connectivity index (χ4v) is 2.93. The van der Waals surface area contributed by atoms with Gasteiger partial charge in [0.05, 0.1) is 13.1 Å². The molecule has 3 rings (SSSR count). The van der Waals surface area contributed by atoms with E-state index in [2.05, 4.69) is 63.5 Å². The number of nitrogens with zero attached hydrogens (tertiary/aromatic N) is 4. The van der Waals surface area contributed by atoms with Gasteiger partial charge in [-0.25, -0.2) is 4.99 Å². The highest BCUT2D eigenvalue weighted by atomic mass is 127. The van der Waals surface area contributed by atoms with Crippen LogP contribution in [0.2, 0.25) is 0 Å². The molecule has 7 heteroatoms. The summed E-state index contributed by atoms with van der Waals surface area (Å²) in [6, 6.07) is 8.52. The maximum atomic E-state index is 4.73. The minimum absolute atomic E-state index is 0. The van der Waals surface area contributed by atoms with Crippen LogP contribution < -0.4 is 10.6 Å². The van der Waals surface area contributed by atoms with Gasteiger partial charge < -0.3 is 15.2 Å². The second-order valence-corrected chi connectivity index (χ2v) is 6.57. The number of halogens is 1. The van der Waals surface area contributed by atoms with Crippen molar-refractivity contribution in [2.24, 2.45) is 4.99 Å². The van der Waals surface area contributed by atoms with Gasteiger partial charge in [-0.15, -0.1) is 34.2 Å². The number of unbranched alkanes of at least 4 members (excludes halogenated alkanes) is 1. The first-order valence-electron chi connectivity index (χ1n) is 9.25. The molecule has 0 bridgehead atoms. The maximum absolute atomic E-state index is 4.73. The molecule has 0 aliphatic carbocycles. The molecule has 0 fully saturated rings. The van der Waals surface area contributed by atoms with Crippen molar-refractivity contribution in [2.75, 3.05) is 6.54 Å². The van der Waals surface area contributed by atoms with Crippen LogP contribution in [0.1, 0.15) is 49.0 Å². The molecule has 2 aromatic rings. The number of rotatable bonds is 7. The molecule has 0 spiro atoms. The molecule has 2 N–H and O–H groups in total. The molecule has 0 radical (unpaired) electrons. The summed E-state index contributed by atoms with van der Waals surface area (Å²) in [7, 11) is 0. The van der Waals surface area contributed by atoms with E-state index in [1.54, 1.807) is 0 Å². The molecule has 0 unspecified atom stereocenters. The van der Waals surface area contributed by atoms with Crippen molar-refractivity contribution in [2.45, 2.75) is 59.2 Å². The van der Waals surface area contributed by atoms with E-state index in [4.69, 9.17) is 4.99 Å². The highest BCUT2D eigenvalue weighted by molar-refractivity contribution is 14.0. The Morgan fingerprint density at radius 3 is 2.77 bits per heavy atom. The van der Waals surface area contributed by atoms with Crippen LogP contribution in [0.5, 0.6) is 0 Å². The molecule has 0 atom stereocenters. The van der Waals surface area contributed by atoms with E-state index < -0.39 is 0 Å². The zero-order valence-electron chi connectivity index (χ0n) is 15.7. The van der Waals surface area contributed by atoms with Crippen molar-refractivity contribution in [3.05, 3.63) is 47.0 Å². The van der Waals surface area contributed by atoms with Gasteiger partial charge in [0, 0.05) is 19.5 Å². The molecule has 26 heavy (non-hydrogen) atoms. The number of hydrogen-bond donors (Lipinski definition) is 2. The minimum atomic E-state index is 0. The van der Waals surface area contributed by atoms with E-state index in [-0.39, 0.29) is 24.0 Å². The fourth-order valence-electron chi connectivity index (χ4n) is 2.93. The van der Waals surface area contributed by atoms with E-state index in [1.807, 2.05) is 0 Å². The number of guanidine groups is 1. The molecule has 0 saturated carbocycles. The lowest BCUT2D eigenvalue weighted by molar-refractivity contribution is 0.657. The molecule has 1 aliphatic rings. The Bertz CT molecular complexity index is 707. The normalized spacial score (nSPS) is 13.2. The Morgan fingerprint density at radius 1 is 1.19 bits per heavy atom. The topological polar surface area (TPSA) is 67.1 Å². The lowest BCUT2D eigenvalue weighted by Gasteiger charge is -2.12. The second-order valence-electron chi connectivity index (χ2n) is 6.57. The summed E-state index contributed by atoms with van der Waals surface area (Å²) in [6.07, 6.45) is 4.50. The van der Waals surface area contributed by atoms with E-state index in [9.17, 15) is 0 Å². The van der Waals surface area contributed by atoms with Crippen LogP contribution in [-0.4, -0.2) is 27.3 Å². The Hall–Kier alpha value is -1.64. The number of benzene rings is 1. The van der Waals surface area contributed by atoms with Gasteiger partial charge in [-0.2, -0.15) is 0 Å². The average Bonchev–Trinajstić information content (AvgIpc) is 3.22. The summed E-state index contributed by atoms with van der Waals surface area (Å²) in [5, 5.41) is 15.4. The van der Waals surface area contributed by atoms with Gasteiger partial charge in [-0.1, -0.05) is 43.2 Å². The zero-order valence-corrected chi connectivity index (χ0v) is 18.0. The third-order valence-electron chi connectivity index (χ3n) is 4.46. The van der Waals surface area contributed by atoms with Crippen LogP contribution in [0, 0.1) is 6.92 Å². The smallest absolute Gasteiger partial charge is 0.191 e. The summed E-state index contributed by atoms with van der Waals surface area (Å²) < 4.78 is 2.22. The number of aryl methyl sites for hydroxylation is 2. The monoisotopic (exact) mass is 468 g/mol. The first-order chi connectivity index (χ1) is 12.3. The molecule has 6 nitrogen and oxygen atoms in total. The summed E-state index contributed by atoms with van der Waals surface area (Å²) in [5.74, 6) is 2.94. The maximum Gasteiger partial charge on any atom is 0.191 e. The van der Waals surface area contributed by atoms with Gasteiger partial charge >= 0.3 is 0 Å². The van der Waals surface area contributed by atoms with Gasteiger partial charge in [-0.3, -0.25) is 0 Å². The summed E-state index contributed by atoms with van der Waals surface area (Å²) in [4.78, 5) is 4.73. The molecule has 142 valence electrons. The van der Waals surface area contributed by atoms with Crippen LogP contribution >= 0.6 is 24.0 Å². The predicted molar refractivity (Wildman–Crippen MR) is 116 cm³/mol. The van der Waals surface area contributed by atoms with Crippen molar-refractivity contribution in [3.8, 4) is 0 Å². The highest BCUT2D eigenvalue weighted by Crippen LogP contribution is 2.13. The van der Waals surface area contributed by atoms with E-state index >= 15 is 0 Å². The quantitative estimate of drug-likeness (QED) is 0.284. The third-order valence-corrected chi connectivity index (χ3v) is 4.46. The van der Waals surface area contributed by atoms with Crippen LogP contribution in [0.3, 0.4) is 0 Å². The first-order valence-corrected chi connectivity index (χ1v) is 9.25. The van der Waals surface area contributed by atoms with E-state index in [0.717, 1.165) is 50.0 Å². The van der Waals surface area contributed by atoms with Gasteiger partial charge in [0.2, 0.25) is 0 Å². The molecular weight excluding hydrogens is 439 g/mol. The van der Waals surface area contributed by atoms with Crippen molar-refractivity contribution < 1.29 is 0 Å². The van der Waals surface area contributed by atoms with Crippen molar-refractivity contribution in [3.63, 3.8) is 0 Å². The summed E-state index contributed by atoms with van der Waals surface area (Å²) in [6.45, 7) is 7.56. The van der Waals surface area contributed by atoms with Gasteiger partial charge in [0.1, 0.15) is 5.82 Å². The molecule has 0 amide bonds. The number of fused-ring (bicyclic) bond motifs is 1. The van der Waals surface area contributed by atoms with E-state index in [0.29, 0.717) is 13.1 Å². The Morgan fingerprint density at radius 2 is 2.00 bits per heavy atom. The summed E-state index contributed by atoms with van der Waals surface area (Å²) >= 11 is 0. The zero-order chi connectivity index (χ0) is 17.5. The number of hydrogen-bond acceptors (Lipinski definition) is 3. The number of nitrogens with one attached hydrogen (secondary N) is 2. The lowest BCUT2D eigenvalue weighted by atomic mass is 10.1. The molecule has 0 saturated heterocycles. The average molecular weight is 468 g/mol. The van der Waals surface area contributed by atoms with Crippen LogP contribution in [0.4, 0.5) is 0 Å². The largest absolute Gasteiger partial charge is 0.356 e.